The van der Waals surface area contributed by atoms with E-state index in [1.54, 1.807) is 25.3 Å². The van der Waals surface area contributed by atoms with E-state index in [2.05, 4.69) is 31.2 Å². The Balaban J connectivity index is 2.04. The highest BCUT2D eigenvalue weighted by atomic mass is 79.9. The molecular formula is C21H23BrN4O4. The smallest absolute Gasteiger partial charge is 0.305 e. The molecular weight excluding hydrogens is 452 g/mol. The van der Waals surface area contributed by atoms with Crippen molar-refractivity contribution in [3.05, 3.63) is 52.6 Å². The number of carbonyl (C=O) groups excluding carboxylic acids is 1. The van der Waals surface area contributed by atoms with Crippen molar-refractivity contribution in [2.45, 2.75) is 31.9 Å². The van der Waals surface area contributed by atoms with Gasteiger partial charge in [0.15, 0.2) is 0 Å². The molecule has 0 saturated carbocycles. The molecule has 2 aromatic rings. The summed E-state index contributed by atoms with van der Waals surface area (Å²) in [5.41, 5.74) is 1.47. The molecule has 0 saturated heterocycles. The number of ether oxygens (including phenoxy) is 2. The molecule has 1 aromatic carbocycles. The lowest BCUT2D eigenvalue weighted by Crippen LogP contribution is -2.28. The highest BCUT2D eigenvalue weighted by Gasteiger charge is 2.26. The van der Waals surface area contributed by atoms with Gasteiger partial charge in [-0.3, -0.25) is 9.79 Å². The number of carbonyl (C=O) groups is 1. The number of hydrogen-bond donors (Lipinski definition) is 2. The van der Waals surface area contributed by atoms with E-state index in [0.717, 1.165) is 15.7 Å². The first kappa shape index (κ1) is 21.9. The first-order chi connectivity index (χ1) is 14.5. The summed E-state index contributed by atoms with van der Waals surface area (Å²) in [5, 5.41) is 13.0. The summed E-state index contributed by atoms with van der Waals surface area (Å²) in [6.45, 7) is 1.86. The SMILES string of the molecule is COC(=O)CC[C@@H]1N=C(Oc2ccccn2)c2cc(Br)ccc2NC1=NC[C@@H](C)O. The quantitative estimate of drug-likeness (QED) is 0.622. The number of nitrogens with zero attached hydrogens (tertiary/aromatic N) is 3. The Morgan fingerprint density at radius 2 is 2.20 bits per heavy atom. The van der Waals surface area contributed by atoms with E-state index in [4.69, 9.17) is 14.5 Å². The molecule has 0 unspecified atom stereocenters. The molecule has 9 heteroatoms. The van der Waals surface area contributed by atoms with Gasteiger partial charge in [-0.05, 0) is 37.6 Å². The van der Waals surface area contributed by atoms with E-state index in [1.807, 2.05) is 24.3 Å². The van der Waals surface area contributed by atoms with E-state index >= 15 is 0 Å². The molecule has 2 N–H and O–H groups in total. The number of aliphatic hydroxyl groups excluding tert-OH is 1. The van der Waals surface area contributed by atoms with Gasteiger partial charge >= 0.3 is 5.97 Å². The van der Waals surface area contributed by atoms with Crippen LogP contribution in [-0.4, -0.2) is 53.6 Å². The lowest BCUT2D eigenvalue weighted by molar-refractivity contribution is -0.140. The Hall–Kier alpha value is -2.78. The summed E-state index contributed by atoms with van der Waals surface area (Å²) in [4.78, 5) is 25.2. The van der Waals surface area contributed by atoms with E-state index in [0.29, 0.717) is 24.0 Å². The van der Waals surface area contributed by atoms with Crippen LogP contribution in [0.15, 0.2) is 57.1 Å². The highest BCUT2D eigenvalue weighted by molar-refractivity contribution is 9.10. The summed E-state index contributed by atoms with van der Waals surface area (Å²) < 4.78 is 11.6. The number of benzene rings is 1. The normalized spacial score (nSPS) is 17.9. The fourth-order valence-electron chi connectivity index (χ4n) is 2.82. The van der Waals surface area contributed by atoms with Crippen LogP contribution in [-0.2, 0) is 9.53 Å². The molecule has 0 amide bonds. The van der Waals surface area contributed by atoms with Gasteiger partial charge in [0, 0.05) is 23.2 Å². The van der Waals surface area contributed by atoms with Gasteiger partial charge in [0.2, 0.25) is 11.8 Å². The number of benzodiazepines with no additional fused rings is 1. The molecule has 3 rings (SSSR count). The molecule has 0 aliphatic carbocycles. The lowest BCUT2D eigenvalue weighted by Gasteiger charge is -2.15. The van der Waals surface area contributed by atoms with Crippen LogP contribution in [0.3, 0.4) is 0 Å². The average Bonchev–Trinajstić information content (AvgIpc) is 2.88. The van der Waals surface area contributed by atoms with Gasteiger partial charge in [-0.25, -0.2) is 9.98 Å². The Morgan fingerprint density at radius 3 is 2.90 bits per heavy atom. The maximum Gasteiger partial charge on any atom is 0.305 e. The van der Waals surface area contributed by atoms with Crippen molar-refractivity contribution in [2.24, 2.45) is 9.98 Å². The minimum absolute atomic E-state index is 0.164. The fourth-order valence-corrected chi connectivity index (χ4v) is 3.18. The zero-order valence-electron chi connectivity index (χ0n) is 16.7. The van der Waals surface area contributed by atoms with E-state index in [-0.39, 0.29) is 18.9 Å². The number of fused-ring (bicyclic) bond motifs is 1. The number of aromatic nitrogens is 1. The third kappa shape index (κ3) is 5.87. The minimum Gasteiger partial charge on any atom is -0.469 e. The summed E-state index contributed by atoms with van der Waals surface area (Å²) in [7, 11) is 1.35. The monoisotopic (exact) mass is 474 g/mol. The molecule has 2 heterocycles. The van der Waals surface area contributed by atoms with Gasteiger partial charge in [0.05, 0.1) is 31.0 Å². The van der Waals surface area contributed by atoms with Crippen molar-refractivity contribution < 1.29 is 19.4 Å². The number of aliphatic imine (C=N–C) groups is 2. The minimum atomic E-state index is -0.610. The van der Waals surface area contributed by atoms with Crippen LogP contribution in [0.1, 0.15) is 25.3 Å². The van der Waals surface area contributed by atoms with Crippen molar-refractivity contribution in [1.29, 1.82) is 0 Å². The summed E-state index contributed by atoms with van der Waals surface area (Å²) in [6, 6.07) is 10.5. The zero-order chi connectivity index (χ0) is 21.5. The predicted octanol–water partition coefficient (Wildman–Crippen LogP) is 3.20. The Bertz CT molecular complexity index is 947. The molecule has 1 aliphatic heterocycles. The van der Waals surface area contributed by atoms with Crippen LogP contribution in [0, 0.1) is 0 Å². The second kappa shape index (κ2) is 10.3. The molecule has 158 valence electrons. The first-order valence-electron chi connectivity index (χ1n) is 9.49. The number of nitrogens with one attached hydrogen (secondary N) is 1. The largest absolute Gasteiger partial charge is 0.469 e. The van der Waals surface area contributed by atoms with Crippen LogP contribution in [0.2, 0.25) is 0 Å². The molecule has 1 aromatic heterocycles. The van der Waals surface area contributed by atoms with Crippen molar-refractivity contribution in [2.75, 3.05) is 19.0 Å². The summed E-state index contributed by atoms with van der Waals surface area (Å²) in [6.07, 6.45) is 1.55. The number of halogens is 1. The average molecular weight is 475 g/mol. The van der Waals surface area contributed by atoms with Gasteiger partial charge in [0.25, 0.3) is 0 Å². The molecule has 2 atom stereocenters. The van der Waals surface area contributed by atoms with E-state index < -0.39 is 12.1 Å². The van der Waals surface area contributed by atoms with Gasteiger partial charge in [-0.2, -0.15) is 0 Å². The van der Waals surface area contributed by atoms with Crippen molar-refractivity contribution in [3.63, 3.8) is 0 Å². The number of methoxy groups -OCH3 is 1. The molecule has 1 aliphatic rings. The Labute approximate surface area is 183 Å². The topological polar surface area (TPSA) is 105 Å². The van der Waals surface area contributed by atoms with Crippen molar-refractivity contribution >= 4 is 39.3 Å². The third-order valence-corrected chi connectivity index (χ3v) is 4.77. The number of amidine groups is 1. The highest BCUT2D eigenvalue weighted by Crippen LogP contribution is 2.27. The van der Waals surface area contributed by atoms with Gasteiger partial charge < -0.3 is 19.9 Å². The fraction of sp³-hybridized carbons (Fsp3) is 0.333. The maximum absolute atomic E-state index is 11.7. The zero-order valence-corrected chi connectivity index (χ0v) is 18.3. The molecule has 0 fully saturated rings. The van der Waals surface area contributed by atoms with Gasteiger partial charge in [0.1, 0.15) is 11.9 Å². The second-order valence-corrected chi connectivity index (χ2v) is 7.64. The van der Waals surface area contributed by atoms with E-state index in [1.165, 1.54) is 7.11 Å². The summed E-state index contributed by atoms with van der Waals surface area (Å²) >= 11 is 3.49. The van der Waals surface area contributed by atoms with Crippen LogP contribution < -0.4 is 10.1 Å². The molecule has 0 bridgehead atoms. The number of aliphatic hydroxyl groups is 1. The van der Waals surface area contributed by atoms with Crippen molar-refractivity contribution in [3.8, 4) is 5.88 Å². The lowest BCUT2D eigenvalue weighted by atomic mass is 10.1. The van der Waals surface area contributed by atoms with Crippen molar-refractivity contribution in [1.82, 2.24) is 4.98 Å². The van der Waals surface area contributed by atoms with Crippen LogP contribution in [0.4, 0.5) is 5.69 Å². The molecule has 0 radical (unpaired) electrons. The predicted molar refractivity (Wildman–Crippen MR) is 118 cm³/mol. The van der Waals surface area contributed by atoms with Crippen LogP contribution in [0.5, 0.6) is 5.88 Å². The number of esters is 1. The summed E-state index contributed by atoms with van der Waals surface area (Å²) in [5.74, 6) is 0.965. The molecule has 8 nitrogen and oxygen atoms in total. The number of rotatable bonds is 6. The number of hydrogen-bond acceptors (Lipinski definition) is 7. The van der Waals surface area contributed by atoms with Crippen LogP contribution >= 0.6 is 15.9 Å². The standard InChI is InChI=1S/C21H23BrN4O4/c1-13(27)12-24-20-17(8-9-19(28)29-2)26-21(30-18-5-3-4-10-23-18)15-11-14(22)6-7-16(15)25-20/h3-7,10-11,13,17,27H,8-9,12H2,1-2H3,(H,24,25)/t13-,17+/m1/s1. The van der Waals surface area contributed by atoms with E-state index in [9.17, 15) is 9.90 Å². The number of anilines is 1. The maximum atomic E-state index is 11.7. The van der Waals surface area contributed by atoms with Gasteiger partial charge in [-0.1, -0.05) is 22.0 Å². The van der Waals surface area contributed by atoms with Crippen LogP contribution in [0.25, 0.3) is 0 Å². The molecule has 0 spiro atoms. The number of pyridine rings is 1. The molecule has 30 heavy (non-hydrogen) atoms. The van der Waals surface area contributed by atoms with Gasteiger partial charge in [-0.15, -0.1) is 0 Å². The Kier molecular flexibility index (Phi) is 7.53. The third-order valence-electron chi connectivity index (χ3n) is 4.28. The Morgan fingerprint density at radius 1 is 1.37 bits per heavy atom. The first-order valence-corrected chi connectivity index (χ1v) is 10.3. The second-order valence-electron chi connectivity index (χ2n) is 6.72.